The molecule has 0 radical (unpaired) electrons. The van der Waals surface area contributed by atoms with Crippen molar-refractivity contribution in [1.29, 1.82) is 0 Å². The van der Waals surface area contributed by atoms with Crippen LogP contribution in [0.25, 0.3) is 0 Å². The topological polar surface area (TPSA) is 32.3 Å². The number of carbonyl (C=O) groups excluding carboxylic acids is 1. The van der Waals surface area contributed by atoms with Crippen LogP contribution in [-0.4, -0.2) is 11.9 Å². The van der Waals surface area contributed by atoms with Crippen LogP contribution in [0.15, 0.2) is 78.9 Å². The van der Waals surface area contributed by atoms with E-state index in [0.29, 0.717) is 10.6 Å². The zero-order valence-electron chi connectivity index (χ0n) is 15.1. The van der Waals surface area contributed by atoms with Crippen molar-refractivity contribution in [3.8, 4) is 0 Å². The fourth-order valence-corrected chi connectivity index (χ4v) is 3.93. The van der Waals surface area contributed by atoms with Crippen molar-refractivity contribution in [3.63, 3.8) is 0 Å². The van der Waals surface area contributed by atoms with Gasteiger partial charge in [-0.3, -0.25) is 4.79 Å². The number of halogens is 1. The molecule has 1 heterocycles. The molecular weight excluding hydrogens is 356 g/mol. The van der Waals surface area contributed by atoms with Crippen molar-refractivity contribution in [2.45, 2.75) is 25.4 Å². The predicted molar refractivity (Wildman–Crippen MR) is 112 cm³/mol. The highest BCUT2D eigenvalue weighted by Crippen LogP contribution is 2.40. The maximum atomic E-state index is 13.2. The molecule has 0 bridgehead atoms. The van der Waals surface area contributed by atoms with Crippen molar-refractivity contribution in [3.05, 3.63) is 95.0 Å². The summed E-state index contributed by atoms with van der Waals surface area (Å²) < 4.78 is 0. The van der Waals surface area contributed by atoms with Gasteiger partial charge in [0.1, 0.15) is 0 Å². The van der Waals surface area contributed by atoms with Gasteiger partial charge in [-0.05, 0) is 49.2 Å². The van der Waals surface area contributed by atoms with Crippen LogP contribution in [0, 0.1) is 0 Å². The van der Waals surface area contributed by atoms with Crippen molar-refractivity contribution in [1.82, 2.24) is 0 Å². The maximum Gasteiger partial charge on any atom is 0.258 e. The van der Waals surface area contributed by atoms with Gasteiger partial charge in [0.15, 0.2) is 0 Å². The van der Waals surface area contributed by atoms with Gasteiger partial charge in [-0.15, -0.1) is 0 Å². The Bertz CT molecular complexity index is 957. The van der Waals surface area contributed by atoms with E-state index in [9.17, 15) is 4.79 Å². The van der Waals surface area contributed by atoms with E-state index in [4.69, 9.17) is 11.6 Å². The SMILES string of the molecule is CC1CC(Nc2ccccc2Cl)c2ccccc2N1C(=O)c1ccccc1. The molecule has 3 aromatic carbocycles. The minimum absolute atomic E-state index is 0.0340. The molecule has 0 aliphatic carbocycles. The molecule has 4 heteroatoms. The third kappa shape index (κ3) is 3.43. The molecule has 1 N–H and O–H groups in total. The monoisotopic (exact) mass is 376 g/mol. The van der Waals surface area contributed by atoms with E-state index in [-0.39, 0.29) is 18.0 Å². The molecule has 3 nitrogen and oxygen atoms in total. The van der Waals surface area contributed by atoms with Crippen LogP contribution in [0.5, 0.6) is 0 Å². The molecule has 0 fully saturated rings. The van der Waals surface area contributed by atoms with Crippen LogP contribution in [-0.2, 0) is 0 Å². The Morgan fingerprint density at radius 3 is 2.41 bits per heavy atom. The Kier molecular flexibility index (Phi) is 4.87. The lowest BCUT2D eigenvalue weighted by atomic mass is 9.90. The lowest BCUT2D eigenvalue weighted by Gasteiger charge is -2.40. The van der Waals surface area contributed by atoms with Crippen molar-refractivity contribution >= 4 is 28.9 Å². The molecule has 1 amide bonds. The third-order valence-corrected chi connectivity index (χ3v) is 5.36. The number of hydrogen-bond donors (Lipinski definition) is 1. The lowest BCUT2D eigenvalue weighted by molar-refractivity contribution is 0.0974. The smallest absolute Gasteiger partial charge is 0.258 e. The minimum atomic E-state index is 0.0340. The molecule has 2 unspecified atom stereocenters. The summed E-state index contributed by atoms with van der Waals surface area (Å²) in [5.74, 6) is 0.0340. The molecule has 0 saturated carbocycles. The highest BCUT2D eigenvalue weighted by molar-refractivity contribution is 6.33. The first-order valence-electron chi connectivity index (χ1n) is 9.14. The van der Waals surface area contributed by atoms with E-state index in [2.05, 4.69) is 18.3 Å². The van der Waals surface area contributed by atoms with E-state index in [1.54, 1.807) is 0 Å². The summed E-state index contributed by atoms with van der Waals surface area (Å²) in [6.07, 6.45) is 0.806. The quantitative estimate of drug-likeness (QED) is 0.614. The highest BCUT2D eigenvalue weighted by Gasteiger charge is 2.34. The van der Waals surface area contributed by atoms with Gasteiger partial charge in [-0.1, -0.05) is 60.1 Å². The van der Waals surface area contributed by atoms with Crippen molar-refractivity contribution in [2.75, 3.05) is 10.2 Å². The Morgan fingerprint density at radius 1 is 0.963 bits per heavy atom. The van der Waals surface area contributed by atoms with Crippen LogP contribution in [0.4, 0.5) is 11.4 Å². The number of amides is 1. The number of rotatable bonds is 3. The van der Waals surface area contributed by atoms with Gasteiger partial charge in [0.2, 0.25) is 0 Å². The summed E-state index contributed by atoms with van der Waals surface area (Å²) in [5.41, 5.74) is 3.68. The van der Waals surface area contributed by atoms with Crippen molar-refractivity contribution < 1.29 is 4.79 Å². The summed E-state index contributed by atoms with van der Waals surface area (Å²) in [6, 6.07) is 25.5. The summed E-state index contributed by atoms with van der Waals surface area (Å²) in [5, 5.41) is 4.26. The summed E-state index contributed by atoms with van der Waals surface area (Å²) >= 11 is 6.34. The summed E-state index contributed by atoms with van der Waals surface area (Å²) in [7, 11) is 0. The lowest BCUT2D eigenvalue weighted by Crippen LogP contribution is -2.44. The third-order valence-electron chi connectivity index (χ3n) is 5.03. The molecule has 2 atom stereocenters. The number of nitrogens with zero attached hydrogens (tertiary/aromatic N) is 1. The molecular formula is C23H21ClN2O. The normalized spacial score (nSPS) is 18.7. The van der Waals surface area contributed by atoms with E-state index >= 15 is 0 Å². The number of nitrogens with one attached hydrogen (secondary N) is 1. The van der Waals surface area contributed by atoms with Crippen LogP contribution in [0.2, 0.25) is 5.02 Å². The average molecular weight is 377 g/mol. The van der Waals surface area contributed by atoms with Gasteiger partial charge in [0.05, 0.1) is 16.8 Å². The number of benzene rings is 3. The maximum absolute atomic E-state index is 13.2. The second-order valence-corrected chi connectivity index (χ2v) is 7.27. The molecule has 27 heavy (non-hydrogen) atoms. The van der Waals surface area contributed by atoms with Crippen LogP contribution < -0.4 is 10.2 Å². The van der Waals surface area contributed by atoms with Crippen LogP contribution in [0.1, 0.15) is 35.3 Å². The zero-order valence-corrected chi connectivity index (χ0v) is 15.9. The van der Waals surface area contributed by atoms with Gasteiger partial charge in [-0.25, -0.2) is 0 Å². The summed E-state index contributed by atoms with van der Waals surface area (Å²) in [4.78, 5) is 15.1. The molecule has 1 aliphatic heterocycles. The fraction of sp³-hybridized carbons (Fsp3) is 0.174. The van der Waals surface area contributed by atoms with E-state index in [1.165, 1.54) is 0 Å². The zero-order chi connectivity index (χ0) is 18.8. The van der Waals surface area contributed by atoms with Gasteiger partial charge in [-0.2, -0.15) is 0 Å². The number of fused-ring (bicyclic) bond motifs is 1. The predicted octanol–water partition coefficient (Wildman–Crippen LogP) is 5.93. The summed E-state index contributed by atoms with van der Waals surface area (Å²) in [6.45, 7) is 2.10. The molecule has 0 aromatic heterocycles. The molecule has 0 spiro atoms. The fourth-order valence-electron chi connectivity index (χ4n) is 3.74. The number of hydrogen-bond acceptors (Lipinski definition) is 2. The van der Waals surface area contributed by atoms with E-state index < -0.39 is 0 Å². The first-order chi connectivity index (χ1) is 13.1. The van der Waals surface area contributed by atoms with Crippen LogP contribution >= 0.6 is 11.6 Å². The Balaban J connectivity index is 1.70. The molecule has 0 saturated heterocycles. The highest BCUT2D eigenvalue weighted by atomic mass is 35.5. The number of carbonyl (C=O) groups is 1. The van der Waals surface area contributed by atoms with Crippen molar-refractivity contribution in [2.24, 2.45) is 0 Å². The van der Waals surface area contributed by atoms with Crippen LogP contribution in [0.3, 0.4) is 0 Å². The Labute approximate surface area is 164 Å². The molecule has 1 aliphatic rings. The second kappa shape index (κ2) is 7.45. The standard InChI is InChI=1S/C23H21ClN2O/c1-16-15-21(25-20-13-7-6-12-19(20)24)18-11-5-8-14-22(18)26(16)23(27)17-9-3-2-4-10-17/h2-14,16,21,25H,15H2,1H3. The Hall–Kier alpha value is -2.78. The van der Waals surface area contributed by atoms with E-state index in [0.717, 1.165) is 23.4 Å². The largest absolute Gasteiger partial charge is 0.377 e. The van der Waals surface area contributed by atoms with Gasteiger partial charge in [0, 0.05) is 17.3 Å². The van der Waals surface area contributed by atoms with Gasteiger partial charge in [0.25, 0.3) is 5.91 Å². The number of anilines is 2. The van der Waals surface area contributed by atoms with Gasteiger partial charge >= 0.3 is 0 Å². The number of para-hydroxylation sites is 2. The first-order valence-corrected chi connectivity index (χ1v) is 9.51. The average Bonchev–Trinajstić information content (AvgIpc) is 2.70. The first kappa shape index (κ1) is 17.6. The Morgan fingerprint density at radius 2 is 1.63 bits per heavy atom. The molecule has 136 valence electrons. The van der Waals surface area contributed by atoms with E-state index in [1.807, 2.05) is 77.7 Å². The minimum Gasteiger partial charge on any atom is -0.377 e. The van der Waals surface area contributed by atoms with Gasteiger partial charge < -0.3 is 10.2 Å². The molecule has 4 rings (SSSR count). The second-order valence-electron chi connectivity index (χ2n) is 6.86. The molecule has 3 aromatic rings.